The number of nitrogens with one attached hydrogen (secondary N) is 2. The SMILES string of the molecule is CCN(CC)S(=O)(=O)c1ccc(OC)c(NC(=O)Nc2ccccc2[N+](=O)[O-])c1. The normalized spacial score (nSPS) is 11.2. The molecule has 0 aromatic heterocycles. The van der Waals surface area contributed by atoms with Crippen molar-refractivity contribution in [2.75, 3.05) is 30.8 Å². The molecule has 0 bridgehead atoms. The fourth-order valence-electron chi connectivity index (χ4n) is 2.67. The summed E-state index contributed by atoms with van der Waals surface area (Å²) in [5.41, 5.74) is -0.162. The van der Waals surface area contributed by atoms with Gasteiger partial charge in [-0.15, -0.1) is 0 Å². The van der Waals surface area contributed by atoms with Crippen LogP contribution in [0, 0.1) is 10.1 Å². The number of nitrogens with zero attached hydrogens (tertiary/aromatic N) is 2. The molecule has 0 unspecified atom stereocenters. The zero-order chi connectivity index (χ0) is 21.6. The summed E-state index contributed by atoms with van der Waals surface area (Å²) >= 11 is 0. The molecule has 0 fully saturated rings. The molecule has 2 aromatic carbocycles. The van der Waals surface area contributed by atoms with Crippen LogP contribution in [0.5, 0.6) is 5.75 Å². The number of carbonyl (C=O) groups is 1. The molecule has 2 amide bonds. The van der Waals surface area contributed by atoms with E-state index in [0.717, 1.165) is 0 Å². The van der Waals surface area contributed by atoms with Crippen LogP contribution >= 0.6 is 0 Å². The predicted molar refractivity (Wildman–Crippen MR) is 109 cm³/mol. The maximum absolute atomic E-state index is 12.7. The Morgan fingerprint density at radius 1 is 1.10 bits per heavy atom. The molecule has 2 N–H and O–H groups in total. The second-order valence-corrected chi connectivity index (χ2v) is 7.74. The molecule has 29 heavy (non-hydrogen) atoms. The van der Waals surface area contributed by atoms with Crippen molar-refractivity contribution in [1.82, 2.24) is 4.31 Å². The van der Waals surface area contributed by atoms with Crippen LogP contribution in [-0.2, 0) is 10.0 Å². The van der Waals surface area contributed by atoms with Crippen molar-refractivity contribution in [2.24, 2.45) is 0 Å². The number of benzene rings is 2. The van der Waals surface area contributed by atoms with E-state index in [0.29, 0.717) is 13.1 Å². The molecule has 0 aliphatic carbocycles. The van der Waals surface area contributed by atoms with Gasteiger partial charge in [-0.3, -0.25) is 10.1 Å². The lowest BCUT2D eigenvalue weighted by Gasteiger charge is -2.19. The maximum Gasteiger partial charge on any atom is 0.323 e. The van der Waals surface area contributed by atoms with Crippen LogP contribution < -0.4 is 15.4 Å². The minimum absolute atomic E-state index is 0.000819. The Hall–Kier alpha value is -3.18. The molecule has 0 radical (unpaired) electrons. The highest BCUT2D eigenvalue weighted by molar-refractivity contribution is 7.89. The molecular weight excluding hydrogens is 400 g/mol. The summed E-state index contributed by atoms with van der Waals surface area (Å²) in [5.74, 6) is 0.237. The lowest BCUT2D eigenvalue weighted by Crippen LogP contribution is -2.30. The Labute approximate surface area is 168 Å². The van der Waals surface area contributed by atoms with Gasteiger partial charge in [-0.1, -0.05) is 26.0 Å². The first-order chi connectivity index (χ1) is 13.7. The number of sulfonamides is 1. The third kappa shape index (κ3) is 5.00. The molecular formula is C18H22N4O6S. The number of hydrogen-bond acceptors (Lipinski definition) is 6. The second-order valence-electron chi connectivity index (χ2n) is 5.80. The van der Waals surface area contributed by atoms with Gasteiger partial charge in [0.1, 0.15) is 11.4 Å². The molecule has 0 atom stereocenters. The molecule has 0 aliphatic rings. The molecule has 2 rings (SSSR count). The summed E-state index contributed by atoms with van der Waals surface area (Å²) in [6, 6.07) is 8.98. The lowest BCUT2D eigenvalue weighted by atomic mass is 10.2. The predicted octanol–water partition coefficient (Wildman–Crippen LogP) is 3.28. The van der Waals surface area contributed by atoms with Crippen molar-refractivity contribution in [1.29, 1.82) is 0 Å². The monoisotopic (exact) mass is 422 g/mol. The minimum atomic E-state index is -3.74. The molecule has 0 saturated heterocycles. The van der Waals surface area contributed by atoms with E-state index in [2.05, 4.69) is 10.6 Å². The van der Waals surface area contributed by atoms with Crippen LogP contribution in [0.3, 0.4) is 0 Å². The van der Waals surface area contributed by atoms with Gasteiger partial charge in [0, 0.05) is 19.2 Å². The summed E-state index contributed by atoms with van der Waals surface area (Å²) < 4.78 is 31.9. The Morgan fingerprint density at radius 2 is 1.72 bits per heavy atom. The molecule has 0 saturated carbocycles. The number of nitro benzene ring substituents is 1. The van der Waals surface area contributed by atoms with E-state index >= 15 is 0 Å². The molecule has 2 aromatic rings. The van der Waals surface area contributed by atoms with Crippen LogP contribution in [0.15, 0.2) is 47.4 Å². The number of anilines is 2. The van der Waals surface area contributed by atoms with Gasteiger partial charge in [-0.25, -0.2) is 13.2 Å². The number of hydrogen-bond donors (Lipinski definition) is 2. The van der Waals surface area contributed by atoms with Gasteiger partial charge >= 0.3 is 6.03 Å². The fourth-order valence-corrected chi connectivity index (χ4v) is 4.16. The zero-order valence-corrected chi connectivity index (χ0v) is 17.0. The molecule has 0 aliphatic heterocycles. The van der Waals surface area contributed by atoms with Crippen LogP contribution in [0.4, 0.5) is 21.9 Å². The van der Waals surface area contributed by atoms with Crippen LogP contribution in [-0.4, -0.2) is 43.9 Å². The van der Waals surface area contributed by atoms with Crippen molar-refractivity contribution in [3.05, 3.63) is 52.6 Å². The van der Waals surface area contributed by atoms with Crippen molar-refractivity contribution >= 4 is 33.1 Å². The van der Waals surface area contributed by atoms with Crippen LogP contribution in [0.25, 0.3) is 0 Å². The van der Waals surface area contributed by atoms with Crippen molar-refractivity contribution in [3.63, 3.8) is 0 Å². The third-order valence-corrected chi connectivity index (χ3v) is 6.16. The van der Waals surface area contributed by atoms with Gasteiger partial charge in [0.05, 0.1) is 22.6 Å². The first-order valence-corrected chi connectivity index (χ1v) is 10.2. The van der Waals surface area contributed by atoms with E-state index in [1.807, 2.05) is 0 Å². The third-order valence-electron chi connectivity index (χ3n) is 4.11. The van der Waals surface area contributed by atoms with E-state index < -0.39 is 21.0 Å². The lowest BCUT2D eigenvalue weighted by molar-refractivity contribution is -0.383. The maximum atomic E-state index is 12.7. The number of ether oxygens (including phenoxy) is 1. The van der Waals surface area contributed by atoms with Gasteiger partial charge < -0.3 is 15.4 Å². The van der Waals surface area contributed by atoms with Crippen molar-refractivity contribution in [2.45, 2.75) is 18.7 Å². The van der Waals surface area contributed by atoms with Crippen LogP contribution in [0.2, 0.25) is 0 Å². The average Bonchev–Trinajstić information content (AvgIpc) is 2.68. The number of carbonyl (C=O) groups excluding carboxylic acids is 1. The highest BCUT2D eigenvalue weighted by Crippen LogP contribution is 2.30. The van der Waals surface area contributed by atoms with E-state index in [-0.39, 0.29) is 27.7 Å². The standard InChI is InChI=1S/C18H22N4O6S/c1-4-21(5-2)29(26,27)13-10-11-17(28-3)15(12-13)20-18(23)19-14-8-6-7-9-16(14)22(24)25/h6-12H,4-5H2,1-3H3,(H2,19,20,23). The van der Waals surface area contributed by atoms with Crippen molar-refractivity contribution < 1.29 is 22.9 Å². The molecule has 0 spiro atoms. The van der Waals surface area contributed by atoms with Gasteiger partial charge in [0.15, 0.2) is 0 Å². The fraction of sp³-hybridized carbons (Fsp3) is 0.278. The topological polar surface area (TPSA) is 131 Å². The summed E-state index contributed by atoms with van der Waals surface area (Å²) in [6.45, 7) is 4.05. The quantitative estimate of drug-likeness (QED) is 0.496. The van der Waals surface area contributed by atoms with Gasteiger partial charge in [-0.2, -0.15) is 4.31 Å². The van der Waals surface area contributed by atoms with E-state index in [4.69, 9.17) is 4.74 Å². The largest absolute Gasteiger partial charge is 0.495 e. The first kappa shape index (κ1) is 22.1. The molecule has 10 nitrogen and oxygen atoms in total. The number of amides is 2. The Morgan fingerprint density at radius 3 is 2.31 bits per heavy atom. The average molecular weight is 422 g/mol. The highest BCUT2D eigenvalue weighted by Gasteiger charge is 2.23. The number of methoxy groups -OCH3 is 1. The summed E-state index contributed by atoms with van der Waals surface area (Å²) in [4.78, 5) is 22.8. The molecule has 0 heterocycles. The van der Waals surface area contributed by atoms with Crippen molar-refractivity contribution in [3.8, 4) is 5.75 Å². The number of nitro groups is 1. The smallest absolute Gasteiger partial charge is 0.323 e. The molecule has 156 valence electrons. The summed E-state index contributed by atoms with van der Waals surface area (Å²) in [5, 5.41) is 16.0. The highest BCUT2D eigenvalue weighted by atomic mass is 32.2. The Balaban J connectivity index is 2.33. The Kier molecular flexibility index (Phi) is 7.13. The minimum Gasteiger partial charge on any atom is -0.495 e. The van der Waals surface area contributed by atoms with Gasteiger partial charge in [0.25, 0.3) is 5.69 Å². The number of para-hydroxylation sites is 2. The van der Waals surface area contributed by atoms with Gasteiger partial charge in [-0.05, 0) is 24.3 Å². The first-order valence-electron chi connectivity index (χ1n) is 8.74. The van der Waals surface area contributed by atoms with Gasteiger partial charge in [0.2, 0.25) is 10.0 Å². The number of urea groups is 1. The summed E-state index contributed by atoms with van der Waals surface area (Å²) in [7, 11) is -2.37. The van der Waals surface area contributed by atoms with Crippen LogP contribution in [0.1, 0.15) is 13.8 Å². The summed E-state index contributed by atoms with van der Waals surface area (Å²) in [6.07, 6.45) is 0. The van der Waals surface area contributed by atoms with E-state index in [1.165, 1.54) is 47.8 Å². The van der Waals surface area contributed by atoms with E-state index in [9.17, 15) is 23.3 Å². The second kappa shape index (κ2) is 9.34. The zero-order valence-electron chi connectivity index (χ0n) is 16.2. The Bertz CT molecular complexity index is 1010. The number of rotatable bonds is 8. The van der Waals surface area contributed by atoms with E-state index in [1.54, 1.807) is 19.9 Å². The molecule has 11 heteroatoms.